The van der Waals surface area contributed by atoms with E-state index < -0.39 is 17.7 Å². The van der Waals surface area contributed by atoms with E-state index in [0.29, 0.717) is 25.1 Å². The average molecular weight is 357 g/mol. The summed E-state index contributed by atoms with van der Waals surface area (Å²) in [4.78, 5) is 14.2. The number of hydrogen-bond donors (Lipinski definition) is 2. The molecule has 138 valence electrons. The number of rotatable bonds is 5. The molecule has 0 radical (unpaired) electrons. The van der Waals surface area contributed by atoms with E-state index in [1.54, 1.807) is 11.0 Å². The van der Waals surface area contributed by atoms with Gasteiger partial charge in [0, 0.05) is 13.1 Å². The molecule has 0 aromatic heterocycles. The van der Waals surface area contributed by atoms with E-state index in [1.165, 1.54) is 12.1 Å². The van der Waals surface area contributed by atoms with Gasteiger partial charge in [0.05, 0.1) is 12.5 Å². The number of carbonyl (C=O) groups is 1. The molecule has 1 aliphatic rings. The molecule has 1 heterocycles. The molecule has 0 unspecified atom stereocenters. The lowest BCUT2D eigenvalue weighted by atomic mass is 9.88. The standard InChI is InChI=1S/C21H24FNO3/c22-18-12-16(6-7-19(18)24)14-21(26)23-10-8-17(9-11-23)20(25)13-15-4-2-1-3-5-15/h1-7,12,17,20,24-25H,8-11,13-14H2/t20-/m1/s1. The summed E-state index contributed by atoms with van der Waals surface area (Å²) < 4.78 is 13.4. The van der Waals surface area contributed by atoms with Crippen LogP contribution in [0.5, 0.6) is 5.75 Å². The van der Waals surface area contributed by atoms with E-state index in [0.717, 1.165) is 18.4 Å². The molecule has 2 aromatic carbocycles. The van der Waals surface area contributed by atoms with E-state index in [-0.39, 0.29) is 18.2 Å². The zero-order valence-electron chi connectivity index (χ0n) is 14.6. The Balaban J connectivity index is 1.49. The molecule has 1 aliphatic heterocycles. The molecule has 0 spiro atoms. The average Bonchev–Trinajstić information content (AvgIpc) is 2.65. The van der Waals surface area contributed by atoms with Gasteiger partial charge in [-0.1, -0.05) is 36.4 Å². The number of halogens is 1. The highest BCUT2D eigenvalue weighted by Crippen LogP contribution is 2.24. The van der Waals surface area contributed by atoms with Gasteiger partial charge in [-0.3, -0.25) is 4.79 Å². The van der Waals surface area contributed by atoms with Crippen LogP contribution in [0.15, 0.2) is 48.5 Å². The highest BCUT2D eigenvalue weighted by Gasteiger charge is 2.27. The first-order chi connectivity index (χ1) is 12.5. The number of phenolic OH excluding ortho intramolecular Hbond substituents is 1. The highest BCUT2D eigenvalue weighted by atomic mass is 19.1. The molecule has 2 N–H and O–H groups in total. The molecule has 2 aromatic rings. The van der Waals surface area contributed by atoms with Crippen molar-refractivity contribution in [3.63, 3.8) is 0 Å². The lowest BCUT2D eigenvalue weighted by Crippen LogP contribution is -2.42. The van der Waals surface area contributed by atoms with Crippen molar-refractivity contribution in [2.24, 2.45) is 5.92 Å². The largest absolute Gasteiger partial charge is 0.505 e. The molecule has 0 aliphatic carbocycles. The molecule has 26 heavy (non-hydrogen) atoms. The van der Waals surface area contributed by atoms with Gasteiger partial charge in [-0.05, 0) is 48.4 Å². The summed E-state index contributed by atoms with van der Waals surface area (Å²) in [5, 5.41) is 19.7. The number of piperidine rings is 1. The number of amides is 1. The van der Waals surface area contributed by atoms with Crippen molar-refractivity contribution >= 4 is 5.91 Å². The second kappa shape index (κ2) is 8.32. The second-order valence-electron chi connectivity index (χ2n) is 6.94. The van der Waals surface area contributed by atoms with Crippen LogP contribution in [0.1, 0.15) is 24.0 Å². The fourth-order valence-electron chi connectivity index (χ4n) is 3.50. The molecule has 0 bridgehead atoms. The summed E-state index contributed by atoms with van der Waals surface area (Å²) in [6.45, 7) is 1.21. The van der Waals surface area contributed by atoms with Crippen molar-refractivity contribution in [2.75, 3.05) is 13.1 Å². The number of likely N-dealkylation sites (tertiary alicyclic amines) is 1. The van der Waals surface area contributed by atoms with Crippen LogP contribution in [0.3, 0.4) is 0 Å². The van der Waals surface area contributed by atoms with Gasteiger partial charge >= 0.3 is 0 Å². The summed E-state index contributed by atoms with van der Waals surface area (Å²) >= 11 is 0. The first kappa shape index (κ1) is 18.4. The van der Waals surface area contributed by atoms with Gasteiger partial charge in [-0.25, -0.2) is 4.39 Å². The van der Waals surface area contributed by atoms with E-state index in [9.17, 15) is 19.4 Å². The number of aliphatic hydroxyl groups is 1. The van der Waals surface area contributed by atoms with Crippen LogP contribution in [0.2, 0.25) is 0 Å². The van der Waals surface area contributed by atoms with Crippen LogP contribution in [0.4, 0.5) is 4.39 Å². The van der Waals surface area contributed by atoms with Crippen molar-refractivity contribution in [3.05, 3.63) is 65.5 Å². The Bertz CT molecular complexity index is 742. The SMILES string of the molecule is O=C(Cc1ccc(O)c(F)c1)N1CCC([C@H](O)Cc2ccccc2)CC1. The molecule has 4 nitrogen and oxygen atoms in total. The van der Waals surface area contributed by atoms with Gasteiger partial charge in [0.15, 0.2) is 11.6 Å². The van der Waals surface area contributed by atoms with Gasteiger partial charge in [-0.2, -0.15) is 0 Å². The maximum atomic E-state index is 13.4. The quantitative estimate of drug-likeness (QED) is 0.865. The Hall–Kier alpha value is -2.40. The van der Waals surface area contributed by atoms with E-state index in [2.05, 4.69) is 0 Å². The van der Waals surface area contributed by atoms with Crippen LogP contribution in [-0.4, -0.2) is 40.2 Å². The normalized spacial score (nSPS) is 16.5. The van der Waals surface area contributed by atoms with Crippen LogP contribution in [0, 0.1) is 11.7 Å². The topological polar surface area (TPSA) is 60.8 Å². The maximum absolute atomic E-state index is 13.4. The van der Waals surface area contributed by atoms with E-state index in [1.807, 2.05) is 30.3 Å². The van der Waals surface area contributed by atoms with Crippen LogP contribution in [-0.2, 0) is 17.6 Å². The van der Waals surface area contributed by atoms with Crippen molar-refractivity contribution < 1.29 is 19.4 Å². The molecule has 1 amide bonds. The maximum Gasteiger partial charge on any atom is 0.226 e. The molecule has 1 saturated heterocycles. The molecule has 0 saturated carbocycles. The zero-order chi connectivity index (χ0) is 18.5. The second-order valence-corrected chi connectivity index (χ2v) is 6.94. The van der Waals surface area contributed by atoms with Gasteiger partial charge in [0.25, 0.3) is 0 Å². The lowest BCUT2D eigenvalue weighted by Gasteiger charge is -2.34. The Morgan fingerprint density at radius 1 is 1.12 bits per heavy atom. The van der Waals surface area contributed by atoms with E-state index in [4.69, 9.17) is 0 Å². The number of nitrogens with zero attached hydrogens (tertiary/aromatic N) is 1. The smallest absolute Gasteiger partial charge is 0.226 e. The predicted molar refractivity (Wildman–Crippen MR) is 97.2 cm³/mol. The molecule has 1 atom stereocenters. The van der Waals surface area contributed by atoms with Crippen molar-refractivity contribution in [1.29, 1.82) is 0 Å². The lowest BCUT2D eigenvalue weighted by molar-refractivity contribution is -0.132. The molecule has 1 fully saturated rings. The summed E-state index contributed by atoms with van der Waals surface area (Å²) in [7, 11) is 0. The number of benzene rings is 2. The number of phenols is 1. The monoisotopic (exact) mass is 357 g/mol. The number of carbonyl (C=O) groups excluding carboxylic acids is 1. The van der Waals surface area contributed by atoms with Gasteiger partial charge < -0.3 is 15.1 Å². The van der Waals surface area contributed by atoms with Crippen molar-refractivity contribution in [1.82, 2.24) is 4.90 Å². The molecule has 3 rings (SSSR count). The minimum absolute atomic E-state index is 0.0499. The summed E-state index contributed by atoms with van der Waals surface area (Å²) in [5.41, 5.74) is 1.67. The first-order valence-corrected chi connectivity index (χ1v) is 9.00. The van der Waals surface area contributed by atoms with Gasteiger partial charge in [0.2, 0.25) is 5.91 Å². The van der Waals surface area contributed by atoms with Crippen LogP contribution in [0.25, 0.3) is 0 Å². The summed E-state index contributed by atoms with van der Waals surface area (Å²) in [6.07, 6.45) is 1.88. The van der Waals surface area contributed by atoms with Crippen molar-refractivity contribution in [3.8, 4) is 5.75 Å². The van der Waals surface area contributed by atoms with Crippen LogP contribution < -0.4 is 0 Å². The summed E-state index contributed by atoms with van der Waals surface area (Å²) in [6, 6.07) is 13.9. The Kier molecular flexibility index (Phi) is 5.89. The minimum atomic E-state index is -0.710. The number of aliphatic hydroxyl groups excluding tert-OH is 1. The van der Waals surface area contributed by atoms with Gasteiger partial charge in [0.1, 0.15) is 0 Å². The molecule has 5 heteroatoms. The summed E-state index contributed by atoms with van der Waals surface area (Å²) in [5.74, 6) is -0.982. The Morgan fingerprint density at radius 2 is 1.81 bits per heavy atom. The molecular formula is C21H24FNO3. The Morgan fingerprint density at radius 3 is 2.46 bits per heavy atom. The van der Waals surface area contributed by atoms with Gasteiger partial charge in [-0.15, -0.1) is 0 Å². The fraction of sp³-hybridized carbons (Fsp3) is 0.381. The number of aromatic hydroxyl groups is 1. The minimum Gasteiger partial charge on any atom is -0.505 e. The third-order valence-electron chi connectivity index (χ3n) is 5.09. The third-order valence-corrected chi connectivity index (χ3v) is 5.09. The Labute approximate surface area is 152 Å². The molecular weight excluding hydrogens is 333 g/mol. The fourth-order valence-corrected chi connectivity index (χ4v) is 3.50. The number of hydrogen-bond acceptors (Lipinski definition) is 3. The van der Waals surface area contributed by atoms with Crippen LogP contribution >= 0.6 is 0 Å². The first-order valence-electron chi connectivity index (χ1n) is 9.00. The predicted octanol–water partition coefficient (Wildman–Crippen LogP) is 2.92. The highest BCUT2D eigenvalue weighted by molar-refractivity contribution is 5.78. The van der Waals surface area contributed by atoms with Crippen molar-refractivity contribution in [2.45, 2.75) is 31.8 Å². The third kappa shape index (κ3) is 4.61. The van der Waals surface area contributed by atoms with E-state index >= 15 is 0 Å². The zero-order valence-corrected chi connectivity index (χ0v) is 14.6.